The molecule has 1 atom stereocenters. The molecule has 1 saturated heterocycles. The number of ether oxygens (including phenoxy) is 1. The number of carbonyl (C=O) groups excluding carboxylic acids is 2. The minimum Gasteiger partial charge on any atom is -0.496 e. The Bertz CT molecular complexity index is 468. The van der Waals surface area contributed by atoms with Gasteiger partial charge in [-0.25, -0.2) is 0 Å². The highest BCUT2D eigenvalue weighted by Gasteiger charge is 2.24. The molecule has 1 aromatic carbocycles. The maximum atomic E-state index is 11.4. The number of hydrogen-bond acceptors (Lipinski definition) is 3. The summed E-state index contributed by atoms with van der Waals surface area (Å²) in [5.74, 6) is 0.811. The van der Waals surface area contributed by atoms with E-state index in [1.807, 2.05) is 12.1 Å². The first-order chi connectivity index (χ1) is 8.11. The average Bonchev–Trinajstić information content (AvgIpc) is 2.75. The van der Waals surface area contributed by atoms with Crippen LogP contribution in [0.15, 0.2) is 18.2 Å². The topological polar surface area (TPSA) is 55.4 Å². The number of Topliss-reactive ketones (excluding diaryl/α,β-unsaturated/α-hetero) is 1. The summed E-state index contributed by atoms with van der Waals surface area (Å²) < 4.78 is 5.21. The zero-order valence-electron chi connectivity index (χ0n) is 9.95. The molecule has 1 amide bonds. The van der Waals surface area contributed by atoms with Gasteiger partial charge in [0.1, 0.15) is 5.75 Å². The summed E-state index contributed by atoms with van der Waals surface area (Å²) in [4.78, 5) is 22.5. The van der Waals surface area contributed by atoms with Crippen LogP contribution in [0.25, 0.3) is 0 Å². The Morgan fingerprint density at radius 3 is 2.76 bits per heavy atom. The fraction of sp³-hybridized carbons (Fsp3) is 0.385. The van der Waals surface area contributed by atoms with Gasteiger partial charge in [-0.05, 0) is 24.6 Å². The van der Waals surface area contributed by atoms with E-state index in [9.17, 15) is 9.59 Å². The van der Waals surface area contributed by atoms with Crippen molar-refractivity contribution in [1.82, 2.24) is 5.32 Å². The smallest absolute Gasteiger partial charge is 0.220 e. The van der Waals surface area contributed by atoms with Crippen molar-refractivity contribution in [3.8, 4) is 5.75 Å². The molecule has 4 nitrogen and oxygen atoms in total. The second-order valence-electron chi connectivity index (χ2n) is 4.22. The van der Waals surface area contributed by atoms with E-state index in [1.54, 1.807) is 13.2 Å². The third-order valence-electron chi connectivity index (χ3n) is 3.05. The first-order valence-electron chi connectivity index (χ1n) is 5.57. The quantitative estimate of drug-likeness (QED) is 0.805. The van der Waals surface area contributed by atoms with Crippen LogP contribution in [0.2, 0.25) is 0 Å². The first-order valence-corrected chi connectivity index (χ1v) is 5.57. The van der Waals surface area contributed by atoms with Crippen LogP contribution >= 0.6 is 0 Å². The van der Waals surface area contributed by atoms with Crippen LogP contribution < -0.4 is 10.1 Å². The van der Waals surface area contributed by atoms with E-state index in [0.717, 1.165) is 5.56 Å². The molecule has 1 heterocycles. The lowest BCUT2D eigenvalue weighted by atomic mass is 9.96. The van der Waals surface area contributed by atoms with E-state index in [-0.39, 0.29) is 17.6 Å². The molecule has 90 valence electrons. The van der Waals surface area contributed by atoms with Crippen LogP contribution in [0.5, 0.6) is 5.75 Å². The van der Waals surface area contributed by atoms with E-state index >= 15 is 0 Å². The van der Waals surface area contributed by atoms with Crippen molar-refractivity contribution in [2.45, 2.75) is 19.3 Å². The van der Waals surface area contributed by atoms with E-state index in [0.29, 0.717) is 24.3 Å². The molecular weight excluding hydrogens is 218 g/mol. The fourth-order valence-corrected chi connectivity index (χ4v) is 2.09. The van der Waals surface area contributed by atoms with E-state index in [1.165, 1.54) is 6.92 Å². The summed E-state index contributed by atoms with van der Waals surface area (Å²) in [7, 11) is 1.55. The SMILES string of the molecule is COc1cc([C@@H]2CNC(=O)C2)ccc1C(C)=O. The third kappa shape index (κ3) is 2.30. The molecule has 1 N–H and O–H groups in total. The van der Waals surface area contributed by atoms with Gasteiger partial charge in [0.05, 0.1) is 12.7 Å². The summed E-state index contributed by atoms with van der Waals surface area (Å²) in [5, 5.41) is 2.80. The summed E-state index contributed by atoms with van der Waals surface area (Å²) in [6.07, 6.45) is 0.503. The number of ketones is 1. The maximum absolute atomic E-state index is 11.4. The molecule has 0 saturated carbocycles. The molecule has 1 aliphatic heterocycles. The predicted octanol–water partition coefficient (Wildman–Crippen LogP) is 1.50. The Hall–Kier alpha value is -1.84. The van der Waals surface area contributed by atoms with Crippen molar-refractivity contribution in [2.75, 3.05) is 13.7 Å². The number of hydrogen-bond donors (Lipinski definition) is 1. The summed E-state index contributed by atoms with van der Waals surface area (Å²) in [6.45, 7) is 2.17. The maximum Gasteiger partial charge on any atom is 0.220 e. The molecule has 1 fully saturated rings. The lowest BCUT2D eigenvalue weighted by Crippen LogP contribution is -2.13. The minimum atomic E-state index is -0.0194. The molecule has 1 aromatic rings. The highest BCUT2D eigenvalue weighted by atomic mass is 16.5. The van der Waals surface area contributed by atoms with Gasteiger partial charge in [-0.15, -0.1) is 0 Å². The van der Waals surface area contributed by atoms with Crippen LogP contribution in [0, 0.1) is 0 Å². The number of carbonyl (C=O) groups is 2. The molecule has 1 aliphatic rings. The molecule has 4 heteroatoms. The van der Waals surface area contributed by atoms with Crippen molar-refractivity contribution >= 4 is 11.7 Å². The van der Waals surface area contributed by atoms with Gasteiger partial charge >= 0.3 is 0 Å². The summed E-state index contributed by atoms with van der Waals surface area (Å²) in [5.41, 5.74) is 1.61. The van der Waals surface area contributed by atoms with E-state index < -0.39 is 0 Å². The molecule has 0 bridgehead atoms. The van der Waals surface area contributed by atoms with Gasteiger partial charge in [0.15, 0.2) is 5.78 Å². The van der Waals surface area contributed by atoms with Gasteiger partial charge in [-0.3, -0.25) is 9.59 Å². The molecule has 0 aliphatic carbocycles. The van der Waals surface area contributed by atoms with Gasteiger partial charge < -0.3 is 10.1 Å². The molecule has 0 spiro atoms. The fourth-order valence-electron chi connectivity index (χ4n) is 2.09. The van der Waals surface area contributed by atoms with Gasteiger partial charge in [0.25, 0.3) is 0 Å². The number of amides is 1. The van der Waals surface area contributed by atoms with Gasteiger partial charge in [-0.2, -0.15) is 0 Å². The first kappa shape index (κ1) is 11.6. The van der Waals surface area contributed by atoms with E-state index in [4.69, 9.17) is 4.74 Å². The number of rotatable bonds is 3. The third-order valence-corrected chi connectivity index (χ3v) is 3.05. The minimum absolute atomic E-state index is 0.0194. The Kier molecular flexibility index (Phi) is 3.13. The Labute approximate surface area is 100.0 Å². The molecule has 0 aromatic heterocycles. The summed E-state index contributed by atoms with van der Waals surface area (Å²) >= 11 is 0. The molecule has 17 heavy (non-hydrogen) atoms. The largest absolute Gasteiger partial charge is 0.496 e. The van der Waals surface area contributed by atoms with Crippen LogP contribution in [0.3, 0.4) is 0 Å². The number of benzene rings is 1. The van der Waals surface area contributed by atoms with Gasteiger partial charge in [0, 0.05) is 18.9 Å². The molecule has 0 radical (unpaired) electrons. The lowest BCUT2D eigenvalue weighted by molar-refractivity contribution is -0.119. The Balaban J connectivity index is 2.31. The van der Waals surface area contributed by atoms with Crippen molar-refractivity contribution in [2.24, 2.45) is 0 Å². The van der Waals surface area contributed by atoms with Crippen molar-refractivity contribution in [3.05, 3.63) is 29.3 Å². The lowest BCUT2D eigenvalue weighted by Gasteiger charge is -2.12. The standard InChI is InChI=1S/C13H15NO3/c1-8(15)11-4-3-9(5-12(11)17-2)10-6-13(16)14-7-10/h3-5,10H,6-7H2,1-2H3,(H,14,16)/t10-/m0/s1. The van der Waals surface area contributed by atoms with Crippen LogP contribution in [-0.2, 0) is 4.79 Å². The van der Waals surface area contributed by atoms with Gasteiger partial charge in [0.2, 0.25) is 5.91 Å². The van der Waals surface area contributed by atoms with Crippen LogP contribution in [-0.4, -0.2) is 25.3 Å². The zero-order chi connectivity index (χ0) is 12.4. The van der Waals surface area contributed by atoms with Crippen molar-refractivity contribution in [1.29, 1.82) is 0 Å². The normalized spacial score (nSPS) is 18.9. The van der Waals surface area contributed by atoms with Crippen molar-refractivity contribution < 1.29 is 14.3 Å². The number of nitrogens with one attached hydrogen (secondary N) is 1. The van der Waals surface area contributed by atoms with Gasteiger partial charge in [-0.1, -0.05) is 6.07 Å². The van der Waals surface area contributed by atoms with E-state index in [2.05, 4.69) is 5.32 Å². The average molecular weight is 233 g/mol. The second kappa shape index (κ2) is 4.57. The predicted molar refractivity (Wildman–Crippen MR) is 63.4 cm³/mol. The zero-order valence-corrected chi connectivity index (χ0v) is 9.95. The Morgan fingerprint density at radius 1 is 1.47 bits per heavy atom. The number of methoxy groups -OCH3 is 1. The Morgan fingerprint density at radius 2 is 2.24 bits per heavy atom. The monoisotopic (exact) mass is 233 g/mol. The highest BCUT2D eigenvalue weighted by Crippen LogP contribution is 2.28. The van der Waals surface area contributed by atoms with Crippen LogP contribution in [0.4, 0.5) is 0 Å². The molecule has 0 unspecified atom stereocenters. The van der Waals surface area contributed by atoms with Crippen molar-refractivity contribution in [3.63, 3.8) is 0 Å². The molecular formula is C13H15NO3. The van der Waals surface area contributed by atoms with Crippen LogP contribution in [0.1, 0.15) is 35.2 Å². The second-order valence-corrected chi connectivity index (χ2v) is 4.22. The summed E-state index contributed by atoms with van der Waals surface area (Å²) in [6, 6.07) is 5.51. The molecule has 2 rings (SSSR count). The highest BCUT2D eigenvalue weighted by molar-refractivity contribution is 5.97.